The molecule has 0 atom stereocenters. The molecule has 24 heavy (non-hydrogen) atoms. The summed E-state index contributed by atoms with van der Waals surface area (Å²) < 4.78 is 18.0. The van der Waals surface area contributed by atoms with Crippen molar-refractivity contribution in [2.45, 2.75) is 19.9 Å². The Morgan fingerprint density at radius 2 is 1.92 bits per heavy atom. The van der Waals surface area contributed by atoms with Gasteiger partial charge in [-0.25, -0.2) is 4.39 Å². The van der Waals surface area contributed by atoms with E-state index < -0.39 is 0 Å². The van der Waals surface area contributed by atoms with Crippen molar-refractivity contribution in [3.8, 4) is 11.4 Å². The molecule has 0 saturated heterocycles. The number of amides is 1. The van der Waals surface area contributed by atoms with E-state index in [1.54, 1.807) is 12.1 Å². The molecule has 1 amide bonds. The van der Waals surface area contributed by atoms with Crippen LogP contribution in [0, 0.1) is 12.7 Å². The van der Waals surface area contributed by atoms with Crippen LogP contribution in [0.4, 0.5) is 4.39 Å². The van der Waals surface area contributed by atoms with Gasteiger partial charge in [0.2, 0.25) is 17.6 Å². The zero-order valence-corrected chi connectivity index (χ0v) is 13.1. The molecule has 0 fully saturated rings. The maximum atomic E-state index is 12.8. The summed E-state index contributed by atoms with van der Waals surface area (Å²) in [5.74, 6) is 0.308. The first-order valence-electron chi connectivity index (χ1n) is 7.51. The zero-order chi connectivity index (χ0) is 16.9. The van der Waals surface area contributed by atoms with Crippen LogP contribution in [0.5, 0.6) is 0 Å². The minimum absolute atomic E-state index is 0.152. The van der Waals surface area contributed by atoms with Crippen molar-refractivity contribution >= 4 is 5.91 Å². The van der Waals surface area contributed by atoms with Crippen molar-refractivity contribution in [2.24, 2.45) is 0 Å². The van der Waals surface area contributed by atoms with Crippen molar-refractivity contribution in [2.75, 3.05) is 0 Å². The SMILES string of the molecule is Cc1ccccc1-c1noc(CNC(=O)Cc2ccc(F)cc2)n1. The Labute approximate surface area is 138 Å². The van der Waals surface area contributed by atoms with Gasteiger partial charge in [-0.2, -0.15) is 4.98 Å². The van der Waals surface area contributed by atoms with E-state index in [0.29, 0.717) is 11.7 Å². The molecule has 0 spiro atoms. The lowest BCUT2D eigenvalue weighted by Gasteiger charge is -2.02. The van der Waals surface area contributed by atoms with Crippen molar-refractivity contribution in [3.63, 3.8) is 0 Å². The fourth-order valence-corrected chi connectivity index (χ4v) is 2.28. The Bertz CT molecular complexity index is 843. The molecule has 122 valence electrons. The standard InChI is InChI=1S/C18H16FN3O2/c1-12-4-2-3-5-15(12)18-21-17(24-22-18)11-20-16(23)10-13-6-8-14(19)9-7-13/h2-9H,10-11H2,1H3,(H,20,23). The van der Waals surface area contributed by atoms with E-state index in [9.17, 15) is 9.18 Å². The average molecular weight is 325 g/mol. The fraction of sp³-hybridized carbons (Fsp3) is 0.167. The molecule has 1 N–H and O–H groups in total. The van der Waals surface area contributed by atoms with Crippen LogP contribution in [0.15, 0.2) is 53.1 Å². The maximum Gasteiger partial charge on any atom is 0.246 e. The molecule has 2 aromatic carbocycles. The molecule has 1 heterocycles. The number of hydrogen-bond donors (Lipinski definition) is 1. The number of aromatic nitrogens is 2. The van der Waals surface area contributed by atoms with Gasteiger partial charge in [-0.3, -0.25) is 4.79 Å². The third-order valence-electron chi connectivity index (χ3n) is 3.57. The lowest BCUT2D eigenvalue weighted by Crippen LogP contribution is -2.24. The molecule has 0 aliphatic rings. The molecular weight excluding hydrogens is 309 g/mol. The summed E-state index contributed by atoms with van der Waals surface area (Å²) >= 11 is 0. The van der Waals surface area contributed by atoms with Crippen LogP contribution >= 0.6 is 0 Å². The van der Waals surface area contributed by atoms with Crippen LogP contribution in [0.1, 0.15) is 17.0 Å². The van der Waals surface area contributed by atoms with Crippen LogP contribution in [0.3, 0.4) is 0 Å². The normalized spacial score (nSPS) is 10.6. The number of halogens is 1. The minimum Gasteiger partial charge on any atom is -0.347 e. The van der Waals surface area contributed by atoms with Gasteiger partial charge in [-0.05, 0) is 30.2 Å². The summed E-state index contributed by atoms with van der Waals surface area (Å²) in [6, 6.07) is 13.5. The molecule has 6 heteroatoms. The summed E-state index contributed by atoms with van der Waals surface area (Å²) in [5.41, 5.74) is 2.68. The lowest BCUT2D eigenvalue weighted by molar-refractivity contribution is -0.120. The van der Waals surface area contributed by atoms with Gasteiger partial charge in [0.05, 0.1) is 13.0 Å². The lowest BCUT2D eigenvalue weighted by atomic mass is 10.1. The predicted octanol–water partition coefficient (Wildman–Crippen LogP) is 3.04. The molecule has 3 aromatic rings. The Balaban J connectivity index is 1.58. The molecule has 3 rings (SSSR count). The Morgan fingerprint density at radius 3 is 2.67 bits per heavy atom. The second-order valence-electron chi connectivity index (χ2n) is 5.41. The average Bonchev–Trinajstić information content (AvgIpc) is 3.04. The van der Waals surface area contributed by atoms with E-state index in [1.807, 2.05) is 31.2 Å². The second-order valence-corrected chi connectivity index (χ2v) is 5.41. The van der Waals surface area contributed by atoms with Gasteiger partial charge in [0.25, 0.3) is 0 Å². The number of benzene rings is 2. The quantitative estimate of drug-likeness (QED) is 0.783. The van der Waals surface area contributed by atoms with Crippen molar-refractivity contribution in [3.05, 3.63) is 71.4 Å². The summed E-state index contributed by atoms with van der Waals surface area (Å²) in [5, 5.41) is 6.65. The van der Waals surface area contributed by atoms with E-state index >= 15 is 0 Å². The number of hydrogen-bond acceptors (Lipinski definition) is 4. The van der Waals surface area contributed by atoms with Crippen LogP contribution in [-0.2, 0) is 17.8 Å². The van der Waals surface area contributed by atoms with Crippen molar-refractivity contribution in [1.82, 2.24) is 15.5 Å². The summed E-state index contributed by atoms with van der Waals surface area (Å²) in [7, 11) is 0. The van der Waals surface area contributed by atoms with E-state index in [0.717, 1.165) is 16.7 Å². The third-order valence-corrected chi connectivity index (χ3v) is 3.57. The highest BCUT2D eigenvalue weighted by molar-refractivity contribution is 5.78. The third kappa shape index (κ3) is 3.84. The number of rotatable bonds is 5. The molecule has 0 radical (unpaired) electrons. The highest BCUT2D eigenvalue weighted by Crippen LogP contribution is 2.19. The summed E-state index contributed by atoms with van der Waals surface area (Å²) in [6.45, 7) is 2.12. The van der Waals surface area contributed by atoms with Crippen LogP contribution in [0.2, 0.25) is 0 Å². The maximum absolute atomic E-state index is 12.8. The van der Waals surface area contributed by atoms with Crippen LogP contribution in [0.25, 0.3) is 11.4 Å². The van der Waals surface area contributed by atoms with Gasteiger partial charge < -0.3 is 9.84 Å². The Kier molecular flexibility index (Phi) is 4.65. The van der Waals surface area contributed by atoms with Gasteiger partial charge in [-0.1, -0.05) is 41.6 Å². The molecule has 0 unspecified atom stereocenters. The number of nitrogens with one attached hydrogen (secondary N) is 1. The number of carbonyl (C=O) groups excluding carboxylic acids is 1. The van der Waals surface area contributed by atoms with E-state index in [2.05, 4.69) is 15.5 Å². The van der Waals surface area contributed by atoms with E-state index in [1.165, 1.54) is 12.1 Å². The summed E-state index contributed by atoms with van der Waals surface area (Å²) in [6.07, 6.45) is 0.166. The fourth-order valence-electron chi connectivity index (χ4n) is 2.28. The molecule has 0 aliphatic heterocycles. The largest absolute Gasteiger partial charge is 0.347 e. The molecule has 0 saturated carbocycles. The Morgan fingerprint density at radius 1 is 1.17 bits per heavy atom. The molecular formula is C18H16FN3O2. The molecule has 0 aliphatic carbocycles. The molecule has 1 aromatic heterocycles. The predicted molar refractivity (Wildman–Crippen MR) is 86.4 cm³/mol. The van der Waals surface area contributed by atoms with Gasteiger partial charge in [0, 0.05) is 5.56 Å². The smallest absolute Gasteiger partial charge is 0.246 e. The zero-order valence-electron chi connectivity index (χ0n) is 13.1. The summed E-state index contributed by atoms with van der Waals surface area (Å²) in [4.78, 5) is 16.2. The number of aryl methyl sites for hydroxylation is 1. The first kappa shape index (κ1) is 15.9. The highest BCUT2D eigenvalue weighted by Gasteiger charge is 2.11. The molecule has 0 bridgehead atoms. The van der Waals surface area contributed by atoms with Crippen molar-refractivity contribution < 1.29 is 13.7 Å². The monoisotopic (exact) mass is 325 g/mol. The first-order chi connectivity index (χ1) is 11.6. The topological polar surface area (TPSA) is 68.0 Å². The van der Waals surface area contributed by atoms with Gasteiger partial charge in [0.1, 0.15) is 5.82 Å². The first-order valence-corrected chi connectivity index (χ1v) is 7.51. The van der Waals surface area contributed by atoms with E-state index in [4.69, 9.17) is 4.52 Å². The van der Waals surface area contributed by atoms with E-state index in [-0.39, 0.29) is 24.7 Å². The van der Waals surface area contributed by atoms with Crippen LogP contribution in [-0.4, -0.2) is 16.0 Å². The Hall–Kier alpha value is -3.02. The van der Waals surface area contributed by atoms with Gasteiger partial charge in [-0.15, -0.1) is 0 Å². The van der Waals surface area contributed by atoms with Gasteiger partial charge >= 0.3 is 0 Å². The highest BCUT2D eigenvalue weighted by atomic mass is 19.1. The second kappa shape index (κ2) is 7.04. The van der Waals surface area contributed by atoms with Crippen molar-refractivity contribution in [1.29, 1.82) is 0 Å². The van der Waals surface area contributed by atoms with Gasteiger partial charge in [0.15, 0.2) is 0 Å². The number of nitrogens with zero attached hydrogens (tertiary/aromatic N) is 2. The molecule has 5 nitrogen and oxygen atoms in total. The minimum atomic E-state index is -0.325. The van der Waals surface area contributed by atoms with Crippen LogP contribution < -0.4 is 5.32 Å². The number of carbonyl (C=O) groups is 1.